The number of carboxylic acid groups (broad SMARTS) is 1. The second-order valence-electron chi connectivity index (χ2n) is 7.72. The standard InChI is InChI=1S/C25H21F3N2O2S/c1-16-13-21(11-9-17(16)10-12-23(31)32)33-24(18-6-4-7-20(14-18)25(26,27)28)30-22-8-3-2-5-19(22)15-29-30/h2-9,11,13-15,24H,10,12H2,1H3,(H,31,32). The van der Waals surface area contributed by atoms with Gasteiger partial charge < -0.3 is 5.11 Å². The number of rotatable bonds is 7. The average molecular weight is 471 g/mol. The summed E-state index contributed by atoms with van der Waals surface area (Å²) in [6, 6.07) is 18.6. The number of thioether (sulfide) groups is 1. The molecule has 0 aliphatic carbocycles. The fraction of sp³-hybridized carbons (Fsp3) is 0.200. The number of halogens is 3. The van der Waals surface area contributed by atoms with Crippen LogP contribution >= 0.6 is 11.8 Å². The summed E-state index contributed by atoms with van der Waals surface area (Å²) in [5, 5.41) is 13.8. The van der Waals surface area contributed by atoms with E-state index in [0.29, 0.717) is 12.0 Å². The van der Waals surface area contributed by atoms with Crippen LogP contribution in [0.2, 0.25) is 0 Å². The van der Waals surface area contributed by atoms with Crippen molar-refractivity contribution in [2.24, 2.45) is 0 Å². The molecule has 4 aromatic rings. The van der Waals surface area contributed by atoms with Crippen LogP contribution in [0.4, 0.5) is 13.2 Å². The quantitative estimate of drug-likeness (QED) is 0.305. The maximum Gasteiger partial charge on any atom is 0.416 e. The van der Waals surface area contributed by atoms with E-state index in [9.17, 15) is 18.0 Å². The number of hydrogen-bond donors (Lipinski definition) is 1. The summed E-state index contributed by atoms with van der Waals surface area (Å²) in [6.07, 6.45) is -2.27. The fourth-order valence-corrected chi connectivity index (χ4v) is 4.90. The van der Waals surface area contributed by atoms with Crippen LogP contribution in [0.25, 0.3) is 10.9 Å². The molecule has 33 heavy (non-hydrogen) atoms. The van der Waals surface area contributed by atoms with E-state index in [1.54, 1.807) is 16.9 Å². The van der Waals surface area contributed by atoms with Gasteiger partial charge in [-0.1, -0.05) is 48.2 Å². The summed E-state index contributed by atoms with van der Waals surface area (Å²) in [4.78, 5) is 11.8. The van der Waals surface area contributed by atoms with E-state index in [0.717, 1.165) is 33.0 Å². The highest BCUT2D eigenvalue weighted by Gasteiger charge is 2.31. The first-order valence-electron chi connectivity index (χ1n) is 10.3. The minimum Gasteiger partial charge on any atom is -0.481 e. The topological polar surface area (TPSA) is 55.1 Å². The second kappa shape index (κ2) is 9.31. The van der Waals surface area contributed by atoms with Gasteiger partial charge in [-0.05, 0) is 60.4 Å². The van der Waals surface area contributed by atoms with Gasteiger partial charge in [0.25, 0.3) is 0 Å². The van der Waals surface area contributed by atoms with E-state index >= 15 is 0 Å². The van der Waals surface area contributed by atoms with Crippen LogP contribution in [0, 0.1) is 6.92 Å². The third-order valence-electron chi connectivity index (χ3n) is 5.40. The number of aryl methyl sites for hydroxylation is 2. The third kappa shape index (κ3) is 5.22. The van der Waals surface area contributed by atoms with Gasteiger partial charge in [-0.3, -0.25) is 4.79 Å². The lowest BCUT2D eigenvalue weighted by molar-refractivity contribution is -0.138. The molecule has 0 saturated carbocycles. The highest BCUT2D eigenvalue weighted by atomic mass is 32.2. The van der Waals surface area contributed by atoms with Gasteiger partial charge in [-0.2, -0.15) is 18.3 Å². The minimum absolute atomic E-state index is 0.0411. The molecular weight excluding hydrogens is 449 g/mol. The van der Waals surface area contributed by atoms with Crippen molar-refractivity contribution >= 4 is 28.6 Å². The number of aliphatic carboxylic acids is 1. The molecule has 0 aliphatic heterocycles. The van der Waals surface area contributed by atoms with Crippen molar-refractivity contribution < 1.29 is 23.1 Å². The first-order chi connectivity index (χ1) is 15.7. The van der Waals surface area contributed by atoms with E-state index in [4.69, 9.17) is 5.11 Å². The predicted molar refractivity (Wildman–Crippen MR) is 122 cm³/mol. The minimum atomic E-state index is -4.44. The molecule has 1 heterocycles. The van der Waals surface area contributed by atoms with Crippen LogP contribution in [0.5, 0.6) is 0 Å². The van der Waals surface area contributed by atoms with Crippen molar-refractivity contribution in [1.29, 1.82) is 0 Å². The number of para-hydroxylation sites is 1. The third-order valence-corrected chi connectivity index (χ3v) is 6.62. The molecule has 8 heteroatoms. The molecular formula is C25H21F3N2O2S. The van der Waals surface area contributed by atoms with Gasteiger partial charge in [0.2, 0.25) is 0 Å². The van der Waals surface area contributed by atoms with Crippen molar-refractivity contribution in [3.8, 4) is 0 Å². The Morgan fingerprint density at radius 1 is 1.09 bits per heavy atom. The summed E-state index contributed by atoms with van der Waals surface area (Å²) in [5.74, 6) is -0.858. The van der Waals surface area contributed by atoms with E-state index < -0.39 is 23.1 Å². The molecule has 0 amide bonds. The molecule has 0 bridgehead atoms. The Bertz CT molecular complexity index is 1300. The zero-order valence-corrected chi connectivity index (χ0v) is 18.5. The van der Waals surface area contributed by atoms with Crippen LogP contribution in [-0.2, 0) is 17.4 Å². The number of carboxylic acids is 1. The first-order valence-corrected chi connectivity index (χ1v) is 11.2. The highest BCUT2D eigenvalue weighted by molar-refractivity contribution is 7.99. The van der Waals surface area contributed by atoms with E-state index in [1.807, 2.05) is 49.4 Å². The Labute approximate surface area is 193 Å². The molecule has 1 atom stereocenters. The SMILES string of the molecule is Cc1cc(SC(c2cccc(C(F)(F)F)c2)n2ncc3ccccc32)ccc1CCC(=O)O. The Morgan fingerprint density at radius 3 is 2.61 bits per heavy atom. The molecule has 1 N–H and O–H groups in total. The lowest BCUT2D eigenvalue weighted by Gasteiger charge is -2.21. The maximum absolute atomic E-state index is 13.4. The fourth-order valence-electron chi connectivity index (χ4n) is 3.70. The van der Waals surface area contributed by atoms with Gasteiger partial charge in [0.1, 0.15) is 5.37 Å². The normalized spacial score (nSPS) is 12.7. The monoisotopic (exact) mass is 470 g/mol. The van der Waals surface area contributed by atoms with Crippen molar-refractivity contribution in [1.82, 2.24) is 9.78 Å². The number of nitrogens with zero attached hydrogens (tertiary/aromatic N) is 2. The van der Waals surface area contributed by atoms with E-state index in [2.05, 4.69) is 5.10 Å². The summed E-state index contributed by atoms with van der Waals surface area (Å²) in [5.41, 5.74) is 2.47. The predicted octanol–water partition coefficient (Wildman–Crippen LogP) is 6.72. The van der Waals surface area contributed by atoms with E-state index in [1.165, 1.54) is 23.9 Å². The zero-order valence-electron chi connectivity index (χ0n) is 17.7. The summed E-state index contributed by atoms with van der Waals surface area (Å²) in [7, 11) is 0. The number of aromatic nitrogens is 2. The van der Waals surface area contributed by atoms with Crippen molar-refractivity contribution in [2.45, 2.75) is 36.2 Å². The van der Waals surface area contributed by atoms with Crippen LogP contribution in [0.1, 0.15) is 34.0 Å². The Hall–Kier alpha value is -3.26. The molecule has 0 saturated heterocycles. The molecule has 0 fully saturated rings. The zero-order chi connectivity index (χ0) is 23.6. The molecule has 170 valence electrons. The van der Waals surface area contributed by atoms with Crippen LogP contribution in [0.15, 0.2) is 77.8 Å². The Balaban J connectivity index is 1.74. The van der Waals surface area contributed by atoms with Gasteiger partial charge in [0.05, 0.1) is 17.3 Å². The van der Waals surface area contributed by atoms with Crippen molar-refractivity contribution in [3.05, 3.63) is 95.2 Å². The number of alkyl halides is 3. The molecule has 3 aromatic carbocycles. The van der Waals surface area contributed by atoms with Crippen LogP contribution in [0.3, 0.4) is 0 Å². The lowest BCUT2D eigenvalue weighted by Crippen LogP contribution is -2.11. The van der Waals surface area contributed by atoms with Gasteiger partial charge in [0, 0.05) is 16.7 Å². The summed E-state index contributed by atoms with van der Waals surface area (Å²) < 4.78 is 42.0. The summed E-state index contributed by atoms with van der Waals surface area (Å²) in [6.45, 7) is 1.91. The smallest absolute Gasteiger partial charge is 0.416 e. The van der Waals surface area contributed by atoms with Crippen molar-refractivity contribution in [2.75, 3.05) is 0 Å². The first kappa shape index (κ1) is 22.9. The van der Waals surface area contributed by atoms with Gasteiger partial charge in [-0.25, -0.2) is 4.68 Å². The number of carbonyl (C=O) groups is 1. The van der Waals surface area contributed by atoms with E-state index in [-0.39, 0.29) is 6.42 Å². The number of fused-ring (bicyclic) bond motifs is 1. The molecule has 1 unspecified atom stereocenters. The summed E-state index contributed by atoms with van der Waals surface area (Å²) >= 11 is 1.40. The molecule has 4 nitrogen and oxygen atoms in total. The van der Waals surface area contributed by atoms with Crippen molar-refractivity contribution in [3.63, 3.8) is 0 Å². The maximum atomic E-state index is 13.4. The number of hydrogen-bond acceptors (Lipinski definition) is 3. The van der Waals surface area contributed by atoms with Crippen LogP contribution in [-0.4, -0.2) is 20.9 Å². The molecule has 0 aliphatic rings. The largest absolute Gasteiger partial charge is 0.481 e. The number of benzene rings is 3. The second-order valence-corrected chi connectivity index (χ2v) is 8.88. The molecule has 1 aromatic heterocycles. The highest BCUT2D eigenvalue weighted by Crippen LogP contribution is 2.40. The average Bonchev–Trinajstić information content (AvgIpc) is 3.20. The molecule has 0 radical (unpaired) electrons. The molecule has 4 rings (SSSR count). The Kier molecular flexibility index (Phi) is 6.47. The Morgan fingerprint density at radius 2 is 1.88 bits per heavy atom. The van der Waals surface area contributed by atoms with Gasteiger partial charge in [0.15, 0.2) is 0 Å². The molecule has 0 spiro atoms. The van der Waals surface area contributed by atoms with Gasteiger partial charge >= 0.3 is 12.1 Å². The van der Waals surface area contributed by atoms with Gasteiger partial charge in [-0.15, -0.1) is 0 Å². The van der Waals surface area contributed by atoms with Crippen LogP contribution < -0.4 is 0 Å². The lowest BCUT2D eigenvalue weighted by atomic mass is 10.0.